The molecule has 1 aromatic heterocycles. The molecule has 1 heterocycles. The van der Waals surface area contributed by atoms with Crippen molar-refractivity contribution in [2.24, 2.45) is 0 Å². The minimum absolute atomic E-state index is 0.120. The zero-order valence-corrected chi connectivity index (χ0v) is 13.3. The van der Waals surface area contributed by atoms with Crippen molar-refractivity contribution in [1.82, 2.24) is 10.3 Å². The molecule has 0 aliphatic rings. The van der Waals surface area contributed by atoms with Crippen molar-refractivity contribution in [2.75, 3.05) is 30.9 Å². The molecule has 3 N–H and O–H groups in total. The van der Waals surface area contributed by atoms with E-state index in [1.807, 2.05) is 21.0 Å². The summed E-state index contributed by atoms with van der Waals surface area (Å²) in [7, 11) is 3.69. The first-order chi connectivity index (χ1) is 10.4. The third-order valence-electron chi connectivity index (χ3n) is 3.56. The first kappa shape index (κ1) is 16.1. The summed E-state index contributed by atoms with van der Waals surface area (Å²) in [6.07, 6.45) is 0.630. The van der Waals surface area contributed by atoms with Gasteiger partial charge in [0.2, 0.25) is 0 Å². The zero-order valence-electron chi connectivity index (χ0n) is 13.3. The molecule has 0 fully saturated rings. The maximum absolute atomic E-state index is 12.0. The van der Waals surface area contributed by atoms with Gasteiger partial charge in [0, 0.05) is 19.8 Å². The van der Waals surface area contributed by atoms with Gasteiger partial charge in [0.05, 0.1) is 12.1 Å². The number of aliphatic hydroxyl groups is 1. The third kappa shape index (κ3) is 3.48. The summed E-state index contributed by atoms with van der Waals surface area (Å²) in [5.41, 5.74) is 1.30. The van der Waals surface area contributed by atoms with Gasteiger partial charge in [-0.1, -0.05) is 6.92 Å². The van der Waals surface area contributed by atoms with Gasteiger partial charge in [-0.3, -0.25) is 0 Å². The number of hydrogen-bond acceptors (Lipinski definition) is 5. The van der Waals surface area contributed by atoms with E-state index in [0.29, 0.717) is 29.2 Å². The van der Waals surface area contributed by atoms with Gasteiger partial charge in [0.1, 0.15) is 5.52 Å². The Balaban J connectivity index is 2.13. The second-order valence-electron chi connectivity index (χ2n) is 5.72. The van der Waals surface area contributed by atoms with Crippen molar-refractivity contribution in [3.63, 3.8) is 0 Å². The SMILES string of the molecule is CCC(C)(CO)NC(=O)Nc1ccc2oc(N(C)C)nc2c1. The van der Waals surface area contributed by atoms with E-state index >= 15 is 0 Å². The molecule has 22 heavy (non-hydrogen) atoms. The Bertz CT molecular complexity index is 662. The molecular formula is C15H22N4O3. The van der Waals surface area contributed by atoms with E-state index in [0.717, 1.165) is 0 Å². The topological polar surface area (TPSA) is 90.6 Å². The van der Waals surface area contributed by atoms with Gasteiger partial charge in [-0.15, -0.1) is 0 Å². The number of carbonyl (C=O) groups is 1. The van der Waals surface area contributed by atoms with Crippen LogP contribution in [0.4, 0.5) is 16.5 Å². The molecule has 7 nitrogen and oxygen atoms in total. The largest absolute Gasteiger partial charge is 0.423 e. The minimum Gasteiger partial charge on any atom is -0.423 e. The van der Waals surface area contributed by atoms with Crippen molar-refractivity contribution >= 4 is 28.8 Å². The van der Waals surface area contributed by atoms with Crippen LogP contribution in [-0.4, -0.2) is 42.4 Å². The van der Waals surface area contributed by atoms with Crippen LogP contribution in [0.2, 0.25) is 0 Å². The lowest BCUT2D eigenvalue weighted by Gasteiger charge is -2.27. The summed E-state index contributed by atoms with van der Waals surface area (Å²) in [6, 6.07) is 5.39. The molecule has 1 atom stereocenters. The van der Waals surface area contributed by atoms with Gasteiger partial charge in [0.15, 0.2) is 5.58 Å². The number of anilines is 2. The van der Waals surface area contributed by atoms with Crippen LogP contribution in [0.15, 0.2) is 22.6 Å². The van der Waals surface area contributed by atoms with Crippen molar-refractivity contribution in [3.8, 4) is 0 Å². The highest BCUT2D eigenvalue weighted by Gasteiger charge is 2.23. The number of urea groups is 1. The van der Waals surface area contributed by atoms with Crippen LogP contribution in [0.3, 0.4) is 0 Å². The Kier molecular flexibility index (Phi) is 4.56. The number of benzene rings is 1. The highest BCUT2D eigenvalue weighted by atomic mass is 16.4. The second kappa shape index (κ2) is 6.23. The first-order valence-corrected chi connectivity index (χ1v) is 7.15. The number of fused-ring (bicyclic) bond motifs is 1. The minimum atomic E-state index is -0.639. The number of rotatable bonds is 5. The van der Waals surface area contributed by atoms with Gasteiger partial charge in [-0.25, -0.2) is 4.79 Å². The summed E-state index contributed by atoms with van der Waals surface area (Å²) in [5.74, 6) is 0. The second-order valence-corrected chi connectivity index (χ2v) is 5.72. The maximum atomic E-state index is 12.0. The molecule has 0 radical (unpaired) electrons. The summed E-state index contributed by atoms with van der Waals surface area (Å²) < 4.78 is 5.56. The van der Waals surface area contributed by atoms with E-state index in [1.54, 1.807) is 30.0 Å². The van der Waals surface area contributed by atoms with Crippen LogP contribution in [-0.2, 0) is 0 Å². The van der Waals surface area contributed by atoms with Crippen LogP contribution in [0.25, 0.3) is 11.1 Å². The summed E-state index contributed by atoms with van der Waals surface area (Å²) >= 11 is 0. The number of oxazole rings is 1. The molecule has 0 bridgehead atoms. The molecule has 2 amide bonds. The first-order valence-electron chi connectivity index (χ1n) is 7.15. The molecule has 2 aromatic rings. The summed E-state index contributed by atoms with van der Waals surface area (Å²) in [5, 5.41) is 14.8. The smallest absolute Gasteiger partial charge is 0.319 e. The lowest BCUT2D eigenvalue weighted by atomic mass is 10.0. The van der Waals surface area contributed by atoms with Crippen LogP contribution < -0.4 is 15.5 Å². The van der Waals surface area contributed by atoms with E-state index < -0.39 is 5.54 Å². The normalized spacial score (nSPS) is 13.7. The van der Waals surface area contributed by atoms with Gasteiger partial charge in [0.25, 0.3) is 6.01 Å². The predicted molar refractivity (Wildman–Crippen MR) is 86.3 cm³/mol. The number of aliphatic hydroxyl groups excluding tert-OH is 1. The lowest BCUT2D eigenvalue weighted by Crippen LogP contribution is -2.50. The maximum Gasteiger partial charge on any atom is 0.319 e. The molecule has 7 heteroatoms. The molecular weight excluding hydrogens is 284 g/mol. The highest BCUT2D eigenvalue weighted by molar-refractivity contribution is 5.92. The monoisotopic (exact) mass is 306 g/mol. The third-order valence-corrected chi connectivity index (χ3v) is 3.56. The zero-order chi connectivity index (χ0) is 16.3. The Morgan fingerprint density at radius 2 is 2.18 bits per heavy atom. The molecule has 1 aromatic carbocycles. The van der Waals surface area contributed by atoms with E-state index in [-0.39, 0.29) is 12.6 Å². The Morgan fingerprint density at radius 1 is 1.45 bits per heavy atom. The average Bonchev–Trinajstić information content (AvgIpc) is 2.90. The van der Waals surface area contributed by atoms with Gasteiger partial charge in [-0.2, -0.15) is 4.98 Å². The summed E-state index contributed by atoms with van der Waals surface area (Å²) in [4.78, 5) is 18.1. The number of amides is 2. The molecule has 0 aliphatic heterocycles. The number of carbonyl (C=O) groups excluding carboxylic acids is 1. The van der Waals surface area contributed by atoms with Crippen LogP contribution in [0, 0.1) is 0 Å². The Hall–Kier alpha value is -2.28. The van der Waals surface area contributed by atoms with Crippen molar-refractivity contribution in [2.45, 2.75) is 25.8 Å². The molecule has 2 rings (SSSR count). The molecule has 1 unspecified atom stereocenters. The number of nitrogens with zero attached hydrogens (tertiary/aromatic N) is 2. The summed E-state index contributed by atoms with van der Waals surface area (Å²) in [6.45, 7) is 3.57. The predicted octanol–water partition coefficient (Wildman–Crippen LogP) is 2.18. The number of hydrogen-bond donors (Lipinski definition) is 3. The lowest BCUT2D eigenvalue weighted by molar-refractivity contribution is 0.172. The number of aromatic nitrogens is 1. The molecule has 0 spiro atoms. The molecule has 0 saturated heterocycles. The average molecular weight is 306 g/mol. The molecule has 0 saturated carbocycles. The standard InChI is InChI=1S/C15H22N4O3/c1-5-15(2,9-20)18-13(21)16-10-6-7-12-11(8-10)17-14(22-12)19(3)4/h6-8,20H,5,9H2,1-4H3,(H2,16,18,21). The van der Waals surface area contributed by atoms with Gasteiger partial charge >= 0.3 is 6.03 Å². The number of nitrogens with one attached hydrogen (secondary N) is 2. The molecule has 120 valence electrons. The van der Waals surface area contributed by atoms with E-state index in [2.05, 4.69) is 15.6 Å². The van der Waals surface area contributed by atoms with Crippen LogP contribution >= 0.6 is 0 Å². The van der Waals surface area contributed by atoms with Crippen LogP contribution in [0.1, 0.15) is 20.3 Å². The Morgan fingerprint density at radius 3 is 2.77 bits per heavy atom. The van der Waals surface area contributed by atoms with Crippen molar-refractivity contribution in [3.05, 3.63) is 18.2 Å². The van der Waals surface area contributed by atoms with Crippen molar-refractivity contribution in [1.29, 1.82) is 0 Å². The van der Waals surface area contributed by atoms with Gasteiger partial charge in [-0.05, 0) is 31.5 Å². The quantitative estimate of drug-likeness (QED) is 0.787. The highest BCUT2D eigenvalue weighted by Crippen LogP contribution is 2.23. The van der Waals surface area contributed by atoms with Crippen molar-refractivity contribution < 1.29 is 14.3 Å². The fraction of sp³-hybridized carbons (Fsp3) is 0.467. The Labute approximate surface area is 129 Å². The van der Waals surface area contributed by atoms with E-state index in [1.165, 1.54) is 0 Å². The van der Waals surface area contributed by atoms with Crippen LogP contribution in [0.5, 0.6) is 0 Å². The van der Waals surface area contributed by atoms with E-state index in [9.17, 15) is 9.90 Å². The fourth-order valence-electron chi connectivity index (χ4n) is 1.86. The van der Waals surface area contributed by atoms with Gasteiger partial charge < -0.3 is 25.1 Å². The fourth-order valence-corrected chi connectivity index (χ4v) is 1.86. The molecule has 0 aliphatic carbocycles. The van der Waals surface area contributed by atoms with E-state index in [4.69, 9.17) is 4.42 Å².